The van der Waals surface area contributed by atoms with Crippen LogP contribution < -0.4 is 11.1 Å². The lowest BCUT2D eigenvalue weighted by Gasteiger charge is -2.40. The van der Waals surface area contributed by atoms with Gasteiger partial charge in [-0.15, -0.1) is 0 Å². The molecule has 0 radical (unpaired) electrons. The van der Waals surface area contributed by atoms with Gasteiger partial charge in [0.05, 0.1) is 24.0 Å². The van der Waals surface area contributed by atoms with Crippen LogP contribution in [0.2, 0.25) is 0 Å². The van der Waals surface area contributed by atoms with Crippen LogP contribution in [0.25, 0.3) is 0 Å². The van der Waals surface area contributed by atoms with Gasteiger partial charge in [-0.05, 0) is 26.7 Å². The van der Waals surface area contributed by atoms with Crippen LogP contribution >= 0.6 is 0 Å². The first-order chi connectivity index (χ1) is 9.30. The first-order valence-electron chi connectivity index (χ1n) is 7.18. The Morgan fingerprint density at radius 3 is 2.55 bits per heavy atom. The molecule has 6 nitrogen and oxygen atoms in total. The quantitative estimate of drug-likeness (QED) is 0.700. The average molecular weight is 284 g/mol. The molecule has 1 saturated carbocycles. The zero-order valence-corrected chi connectivity index (χ0v) is 12.1. The van der Waals surface area contributed by atoms with Crippen molar-refractivity contribution in [3.8, 4) is 0 Å². The van der Waals surface area contributed by atoms with E-state index in [1.165, 1.54) is 0 Å². The number of carbonyl (C=O) groups excluding carboxylic acids is 1. The summed E-state index contributed by atoms with van der Waals surface area (Å²) in [5.74, 6) is -1.04. The van der Waals surface area contributed by atoms with Gasteiger partial charge in [-0.3, -0.25) is 9.59 Å². The fourth-order valence-corrected chi connectivity index (χ4v) is 3.07. The van der Waals surface area contributed by atoms with Gasteiger partial charge in [0.1, 0.15) is 0 Å². The second-order valence-electron chi connectivity index (χ2n) is 6.53. The minimum Gasteiger partial charge on any atom is -0.481 e. The molecule has 0 spiro atoms. The molecular formula is C14H24N2O4. The molecule has 4 atom stereocenters. The summed E-state index contributed by atoms with van der Waals surface area (Å²) < 4.78 is 5.28. The number of rotatable bonds is 3. The van der Waals surface area contributed by atoms with E-state index in [0.717, 1.165) is 12.8 Å². The largest absolute Gasteiger partial charge is 0.481 e. The van der Waals surface area contributed by atoms with Crippen molar-refractivity contribution in [1.82, 2.24) is 5.32 Å². The molecular weight excluding hydrogens is 260 g/mol. The van der Waals surface area contributed by atoms with Crippen LogP contribution in [0.5, 0.6) is 0 Å². The van der Waals surface area contributed by atoms with Crippen LogP contribution in [0.3, 0.4) is 0 Å². The molecule has 6 heteroatoms. The van der Waals surface area contributed by atoms with E-state index in [9.17, 15) is 14.7 Å². The normalized spacial score (nSPS) is 41.4. The first-order valence-corrected chi connectivity index (χ1v) is 7.18. The van der Waals surface area contributed by atoms with E-state index in [2.05, 4.69) is 5.32 Å². The fraction of sp³-hybridized carbons (Fsp3) is 0.857. The molecule has 0 bridgehead atoms. The number of carboxylic acids is 1. The van der Waals surface area contributed by atoms with E-state index in [1.807, 2.05) is 0 Å². The van der Waals surface area contributed by atoms with Gasteiger partial charge in [-0.2, -0.15) is 0 Å². The third-order valence-electron chi connectivity index (χ3n) is 5.04. The number of hydrogen-bond donors (Lipinski definition) is 3. The number of nitrogens with one attached hydrogen (secondary N) is 1. The molecule has 1 aliphatic carbocycles. The second kappa shape index (κ2) is 5.33. The van der Waals surface area contributed by atoms with Gasteiger partial charge >= 0.3 is 5.97 Å². The highest BCUT2D eigenvalue weighted by Crippen LogP contribution is 2.37. The minimum absolute atomic E-state index is 0.193. The zero-order valence-electron chi connectivity index (χ0n) is 12.1. The molecule has 4 unspecified atom stereocenters. The number of carboxylic acid groups (broad SMARTS) is 1. The van der Waals surface area contributed by atoms with Crippen LogP contribution in [0.15, 0.2) is 0 Å². The molecule has 1 saturated heterocycles. The minimum atomic E-state index is -0.895. The smallest absolute Gasteiger partial charge is 0.311 e. The Balaban J connectivity index is 2.11. The summed E-state index contributed by atoms with van der Waals surface area (Å²) >= 11 is 0. The van der Waals surface area contributed by atoms with Crippen molar-refractivity contribution in [3.63, 3.8) is 0 Å². The highest BCUT2D eigenvalue weighted by atomic mass is 16.5. The molecule has 114 valence electrons. The van der Waals surface area contributed by atoms with Crippen molar-refractivity contribution in [2.24, 2.45) is 16.6 Å². The maximum atomic E-state index is 12.5. The molecule has 0 aromatic carbocycles. The molecule has 0 aromatic heterocycles. The van der Waals surface area contributed by atoms with Gasteiger partial charge in [-0.25, -0.2) is 0 Å². The maximum absolute atomic E-state index is 12.5. The third-order valence-corrected chi connectivity index (χ3v) is 5.04. The Bertz CT molecular complexity index is 414. The molecule has 0 aromatic rings. The molecule has 1 aliphatic heterocycles. The summed E-state index contributed by atoms with van der Waals surface area (Å²) in [5, 5.41) is 12.4. The van der Waals surface area contributed by atoms with Crippen LogP contribution in [-0.4, -0.2) is 42.3 Å². The first kappa shape index (κ1) is 15.3. The number of amides is 1. The molecule has 2 aliphatic rings. The van der Waals surface area contributed by atoms with Gasteiger partial charge in [0.2, 0.25) is 5.91 Å². The van der Waals surface area contributed by atoms with Crippen LogP contribution in [0, 0.1) is 10.8 Å². The number of hydrogen-bond acceptors (Lipinski definition) is 4. The van der Waals surface area contributed by atoms with E-state index in [4.69, 9.17) is 10.5 Å². The van der Waals surface area contributed by atoms with Crippen LogP contribution in [0.4, 0.5) is 0 Å². The van der Waals surface area contributed by atoms with Crippen LogP contribution in [0.1, 0.15) is 39.5 Å². The van der Waals surface area contributed by atoms with Crippen molar-refractivity contribution in [2.75, 3.05) is 13.2 Å². The third kappa shape index (κ3) is 2.42. The van der Waals surface area contributed by atoms with Crippen LogP contribution in [-0.2, 0) is 14.3 Å². The lowest BCUT2D eigenvalue weighted by molar-refractivity contribution is -0.152. The van der Waals surface area contributed by atoms with Gasteiger partial charge in [0.15, 0.2) is 0 Å². The fourth-order valence-electron chi connectivity index (χ4n) is 3.07. The zero-order chi connectivity index (χ0) is 15.0. The predicted octanol–water partition coefficient (Wildman–Crippen LogP) is 0.500. The predicted molar refractivity (Wildman–Crippen MR) is 73.0 cm³/mol. The van der Waals surface area contributed by atoms with Gasteiger partial charge < -0.3 is 20.9 Å². The van der Waals surface area contributed by atoms with Gasteiger partial charge in [0.25, 0.3) is 0 Å². The molecule has 2 rings (SSSR count). The molecule has 1 amide bonds. The van der Waals surface area contributed by atoms with Gasteiger partial charge in [0, 0.05) is 12.1 Å². The summed E-state index contributed by atoms with van der Waals surface area (Å²) in [5.41, 5.74) is 4.28. The van der Waals surface area contributed by atoms with Crippen molar-refractivity contribution < 1.29 is 19.4 Å². The topological polar surface area (TPSA) is 102 Å². The lowest BCUT2D eigenvalue weighted by atomic mass is 9.71. The summed E-state index contributed by atoms with van der Waals surface area (Å²) in [6.07, 6.45) is 3.11. The Labute approximate surface area is 119 Å². The molecule has 4 N–H and O–H groups in total. The summed E-state index contributed by atoms with van der Waals surface area (Å²) in [7, 11) is 0. The number of aliphatic carboxylic acids is 1. The lowest BCUT2D eigenvalue weighted by Crippen LogP contribution is -2.58. The number of carbonyl (C=O) groups is 2. The van der Waals surface area contributed by atoms with E-state index in [1.54, 1.807) is 13.8 Å². The Morgan fingerprint density at radius 1 is 1.30 bits per heavy atom. The number of nitrogens with two attached hydrogens (primary N) is 1. The molecule has 20 heavy (non-hydrogen) atoms. The number of ether oxygens (including phenoxy) is 1. The Morgan fingerprint density at radius 2 is 2.00 bits per heavy atom. The highest BCUT2D eigenvalue weighted by molar-refractivity contribution is 5.85. The standard InChI is InChI=1S/C14H24N2O4/c1-13(12(18)19)6-4-3-5-10(13)16-11(17)14(2)8-20-7-9(14)15/h9-10H,3-8,15H2,1-2H3,(H,16,17)(H,18,19). The second-order valence-corrected chi connectivity index (χ2v) is 6.53. The van der Waals surface area contributed by atoms with E-state index >= 15 is 0 Å². The highest BCUT2D eigenvalue weighted by Gasteiger charge is 2.49. The van der Waals surface area contributed by atoms with Crippen molar-refractivity contribution in [2.45, 2.75) is 51.6 Å². The summed E-state index contributed by atoms with van der Waals surface area (Å²) in [6.45, 7) is 4.15. The molecule has 2 fully saturated rings. The van der Waals surface area contributed by atoms with E-state index < -0.39 is 16.8 Å². The maximum Gasteiger partial charge on any atom is 0.311 e. The van der Waals surface area contributed by atoms with E-state index in [-0.39, 0.29) is 24.6 Å². The van der Waals surface area contributed by atoms with Gasteiger partial charge in [-0.1, -0.05) is 12.8 Å². The van der Waals surface area contributed by atoms with Crippen molar-refractivity contribution in [1.29, 1.82) is 0 Å². The SMILES string of the molecule is CC1(C(=O)NC2CCCCC2(C)C(=O)O)COCC1N. The van der Waals surface area contributed by atoms with E-state index in [0.29, 0.717) is 19.4 Å². The monoisotopic (exact) mass is 284 g/mol. The average Bonchev–Trinajstić information content (AvgIpc) is 2.73. The Hall–Kier alpha value is -1.14. The summed E-state index contributed by atoms with van der Waals surface area (Å²) in [4.78, 5) is 24.0. The Kier molecular flexibility index (Phi) is 4.07. The van der Waals surface area contributed by atoms with Crippen molar-refractivity contribution in [3.05, 3.63) is 0 Å². The van der Waals surface area contributed by atoms with Crippen molar-refractivity contribution >= 4 is 11.9 Å². The molecule has 1 heterocycles. The summed E-state index contributed by atoms with van der Waals surface area (Å²) in [6, 6.07) is -0.687.